The van der Waals surface area contributed by atoms with Gasteiger partial charge in [-0.2, -0.15) is 5.11 Å². The first-order valence-corrected chi connectivity index (χ1v) is 9.88. The van der Waals surface area contributed by atoms with Gasteiger partial charge in [0.15, 0.2) is 5.65 Å². The molecule has 3 aromatic rings. The Bertz CT molecular complexity index is 1100. The van der Waals surface area contributed by atoms with Crippen molar-refractivity contribution in [1.29, 1.82) is 0 Å². The summed E-state index contributed by atoms with van der Waals surface area (Å²) in [7, 11) is 0. The average Bonchev–Trinajstić information content (AvgIpc) is 3.33. The molecule has 1 aliphatic carbocycles. The molecule has 3 heterocycles. The minimum absolute atomic E-state index is 0.0502. The van der Waals surface area contributed by atoms with E-state index >= 15 is 0 Å². The molecule has 0 bridgehead atoms. The molecule has 0 amide bonds. The van der Waals surface area contributed by atoms with Crippen LogP contribution in [0.5, 0.6) is 0 Å². The maximum Gasteiger partial charge on any atom is 0.164 e. The van der Waals surface area contributed by atoms with Gasteiger partial charge in [0.2, 0.25) is 0 Å². The third-order valence-corrected chi connectivity index (χ3v) is 6.52. The first-order chi connectivity index (χ1) is 13.5. The molecule has 5 rings (SSSR count). The second kappa shape index (κ2) is 6.06. The van der Waals surface area contributed by atoms with Crippen LogP contribution in [0.4, 0.5) is 0 Å². The van der Waals surface area contributed by atoms with Gasteiger partial charge < -0.3 is 0 Å². The zero-order valence-corrected chi connectivity index (χ0v) is 16.6. The van der Waals surface area contributed by atoms with Gasteiger partial charge in [-0.25, -0.2) is 0 Å². The van der Waals surface area contributed by atoms with Crippen LogP contribution in [0.1, 0.15) is 55.6 Å². The molecule has 0 radical (unpaired) electrons. The molecule has 142 valence electrons. The van der Waals surface area contributed by atoms with Gasteiger partial charge in [0.25, 0.3) is 0 Å². The SMILES string of the molecule is Cc1ccc(C2(c3nnc4c(C(C)(C)C5=NN=NC5)cccn34)CCC2)cc1. The molecule has 1 fully saturated rings. The third-order valence-electron chi connectivity index (χ3n) is 6.52. The molecular formula is C22H24N6. The summed E-state index contributed by atoms with van der Waals surface area (Å²) < 4.78 is 2.18. The Morgan fingerprint density at radius 2 is 1.82 bits per heavy atom. The maximum absolute atomic E-state index is 4.72. The van der Waals surface area contributed by atoms with Crippen LogP contribution in [-0.4, -0.2) is 26.9 Å². The molecule has 0 unspecified atom stereocenters. The lowest BCUT2D eigenvalue weighted by molar-refractivity contribution is 0.283. The van der Waals surface area contributed by atoms with Gasteiger partial charge in [-0.15, -0.1) is 15.3 Å². The monoisotopic (exact) mass is 372 g/mol. The minimum atomic E-state index is -0.299. The molecule has 0 N–H and O–H groups in total. The van der Waals surface area contributed by atoms with E-state index in [1.54, 1.807) is 0 Å². The van der Waals surface area contributed by atoms with Crippen molar-refractivity contribution < 1.29 is 0 Å². The zero-order valence-electron chi connectivity index (χ0n) is 16.6. The number of benzene rings is 1. The molecule has 28 heavy (non-hydrogen) atoms. The van der Waals surface area contributed by atoms with Crippen LogP contribution < -0.4 is 0 Å². The van der Waals surface area contributed by atoms with E-state index in [0.717, 1.165) is 35.6 Å². The van der Waals surface area contributed by atoms with Crippen molar-refractivity contribution in [1.82, 2.24) is 14.6 Å². The highest BCUT2D eigenvalue weighted by molar-refractivity contribution is 5.97. The standard InChI is InChI=1S/C22H24N6/c1-15-7-9-16(10-8-15)22(11-5-12-22)20-26-25-19-17(6-4-13-28(19)20)21(2,3)18-14-23-27-24-18/h4,6-10,13H,5,11-12,14H2,1-3H3. The highest BCUT2D eigenvalue weighted by Crippen LogP contribution is 2.48. The quantitative estimate of drug-likeness (QED) is 0.671. The molecule has 0 atom stereocenters. The fourth-order valence-electron chi connectivity index (χ4n) is 4.47. The van der Waals surface area contributed by atoms with Gasteiger partial charge in [0.1, 0.15) is 12.4 Å². The first kappa shape index (κ1) is 17.2. The van der Waals surface area contributed by atoms with E-state index in [2.05, 4.69) is 88.3 Å². The van der Waals surface area contributed by atoms with E-state index in [1.807, 2.05) is 0 Å². The molecule has 6 heteroatoms. The fraction of sp³-hybridized carbons (Fsp3) is 0.409. The van der Waals surface area contributed by atoms with Crippen molar-refractivity contribution in [3.8, 4) is 0 Å². The lowest BCUT2D eigenvalue weighted by Gasteiger charge is -2.41. The number of hydrogen-bond acceptors (Lipinski definition) is 5. The molecule has 0 saturated heterocycles. The van der Waals surface area contributed by atoms with E-state index in [0.29, 0.717) is 6.54 Å². The van der Waals surface area contributed by atoms with Gasteiger partial charge in [0, 0.05) is 17.2 Å². The summed E-state index contributed by atoms with van der Waals surface area (Å²) in [6.45, 7) is 6.99. The summed E-state index contributed by atoms with van der Waals surface area (Å²) in [6, 6.07) is 13.1. The summed E-state index contributed by atoms with van der Waals surface area (Å²) in [4.78, 5) is 0. The van der Waals surface area contributed by atoms with Crippen LogP contribution in [0.25, 0.3) is 5.65 Å². The molecule has 6 nitrogen and oxygen atoms in total. The predicted molar refractivity (Wildman–Crippen MR) is 109 cm³/mol. The van der Waals surface area contributed by atoms with Crippen LogP contribution in [0.15, 0.2) is 58.0 Å². The molecule has 1 saturated carbocycles. The summed E-state index contributed by atoms with van der Waals surface area (Å²) in [5.41, 5.74) is 5.23. The number of aryl methyl sites for hydroxylation is 1. The molecule has 1 aliphatic heterocycles. The second-order valence-corrected chi connectivity index (χ2v) is 8.50. The minimum Gasteiger partial charge on any atom is -0.285 e. The van der Waals surface area contributed by atoms with E-state index in [-0.39, 0.29) is 10.8 Å². The lowest BCUT2D eigenvalue weighted by Crippen LogP contribution is -2.37. The Labute approximate surface area is 164 Å². The van der Waals surface area contributed by atoms with Gasteiger partial charge >= 0.3 is 0 Å². The number of fused-ring (bicyclic) bond motifs is 1. The number of rotatable bonds is 4. The Kier molecular flexibility index (Phi) is 3.73. The van der Waals surface area contributed by atoms with Crippen LogP contribution in [0.2, 0.25) is 0 Å². The maximum atomic E-state index is 4.72. The second-order valence-electron chi connectivity index (χ2n) is 8.50. The van der Waals surface area contributed by atoms with E-state index in [1.165, 1.54) is 17.5 Å². The van der Waals surface area contributed by atoms with Crippen molar-refractivity contribution in [3.05, 3.63) is 65.1 Å². The molecular weight excluding hydrogens is 348 g/mol. The summed E-state index contributed by atoms with van der Waals surface area (Å²) in [6.07, 6.45) is 5.52. The van der Waals surface area contributed by atoms with Crippen molar-refractivity contribution >= 4 is 11.4 Å². The number of hydrogen-bond donors (Lipinski definition) is 0. The van der Waals surface area contributed by atoms with Gasteiger partial charge in [-0.1, -0.05) is 56.2 Å². The van der Waals surface area contributed by atoms with Crippen LogP contribution in [0, 0.1) is 6.92 Å². The van der Waals surface area contributed by atoms with Crippen LogP contribution in [-0.2, 0) is 10.8 Å². The molecule has 0 spiro atoms. The topological polar surface area (TPSA) is 67.3 Å². The molecule has 2 aliphatic rings. The van der Waals surface area contributed by atoms with Gasteiger partial charge in [-0.3, -0.25) is 4.40 Å². The Hall–Kier alpha value is -2.89. The number of aromatic nitrogens is 3. The normalized spacial score (nSPS) is 18.3. The fourth-order valence-corrected chi connectivity index (χ4v) is 4.47. The number of pyridine rings is 1. The third kappa shape index (κ3) is 2.37. The van der Waals surface area contributed by atoms with Gasteiger partial charge in [-0.05, 0) is 36.6 Å². The van der Waals surface area contributed by atoms with Gasteiger partial charge in [0.05, 0.1) is 11.1 Å². The zero-order chi connectivity index (χ0) is 19.4. The summed E-state index contributed by atoms with van der Waals surface area (Å²) in [5, 5.41) is 21.5. The first-order valence-electron chi connectivity index (χ1n) is 9.88. The summed E-state index contributed by atoms with van der Waals surface area (Å²) >= 11 is 0. The molecule has 1 aromatic carbocycles. The van der Waals surface area contributed by atoms with Crippen LogP contribution >= 0.6 is 0 Å². The van der Waals surface area contributed by atoms with E-state index < -0.39 is 0 Å². The largest absolute Gasteiger partial charge is 0.285 e. The Morgan fingerprint density at radius 1 is 1.04 bits per heavy atom. The smallest absolute Gasteiger partial charge is 0.164 e. The van der Waals surface area contributed by atoms with Crippen molar-refractivity contribution in [2.45, 2.75) is 50.9 Å². The highest BCUT2D eigenvalue weighted by Gasteiger charge is 2.44. The average molecular weight is 372 g/mol. The van der Waals surface area contributed by atoms with E-state index in [4.69, 9.17) is 5.10 Å². The highest BCUT2D eigenvalue weighted by atomic mass is 15.4. The van der Waals surface area contributed by atoms with Crippen molar-refractivity contribution in [2.24, 2.45) is 15.4 Å². The van der Waals surface area contributed by atoms with E-state index in [9.17, 15) is 0 Å². The summed E-state index contributed by atoms with van der Waals surface area (Å²) in [5.74, 6) is 1.04. The number of nitrogens with zero attached hydrogens (tertiary/aromatic N) is 6. The Balaban J connectivity index is 1.65. The Morgan fingerprint density at radius 3 is 2.46 bits per heavy atom. The lowest BCUT2D eigenvalue weighted by atomic mass is 9.63. The predicted octanol–water partition coefficient (Wildman–Crippen LogP) is 4.61. The van der Waals surface area contributed by atoms with Crippen molar-refractivity contribution in [3.63, 3.8) is 0 Å². The molecule has 2 aromatic heterocycles. The van der Waals surface area contributed by atoms with Crippen LogP contribution in [0.3, 0.4) is 0 Å². The van der Waals surface area contributed by atoms with Crippen molar-refractivity contribution in [2.75, 3.05) is 6.54 Å².